The van der Waals surface area contributed by atoms with E-state index >= 15 is 0 Å². The van der Waals surface area contributed by atoms with Crippen molar-refractivity contribution in [2.24, 2.45) is 0 Å². The Labute approximate surface area is 148 Å². The molecule has 0 saturated heterocycles. The molecule has 1 aromatic heterocycles. The Hall–Kier alpha value is -0.880. The first-order chi connectivity index (χ1) is 10.6. The van der Waals surface area contributed by atoms with Gasteiger partial charge in [-0.2, -0.15) is 11.8 Å². The van der Waals surface area contributed by atoms with Gasteiger partial charge in [-0.25, -0.2) is 0 Å². The Morgan fingerprint density at radius 3 is 2.91 bits per heavy atom. The average molecular weight is 376 g/mol. The number of hydrogen-bond donors (Lipinski definition) is 1. The molecule has 0 unspecified atom stereocenters. The maximum atomic E-state index is 11.7. The summed E-state index contributed by atoms with van der Waals surface area (Å²) in [6, 6.07) is 9.05. The molecule has 2 rings (SSSR count). The van der Waals surface area contributed by atoms with Crippen molar-refractivity contribution < 1.29 is 9.53 Å². The van der Waals surface area contributed by atoms with Crippen molar-refractivity contribution in [2.45, 2.75) is 5.75 Å². The van der Waals surface area contributed by atoms with E-state index in [-0.39, 0.29) is 12.5 Å². The van der Waals surface area contributed by atoms with E-state index in [0.717, 1.165) is 11.5 Å². The van der Waals surface area contributed by atoms with Crippen LogP contribution in [0.3, 0.4) is 0 Å². The van der Waals surface area contributed by atoms with Crippen LogP contribution in [0.15, 0.2) is 35.7 Å². The molecule has 1 heterocycles. The number of thiophene rings is 1. The van der Waals surface area contributed by atoms with E-state index in [9.17, 15) is 4.79 Å². The maximum absolute atomic E-state index is 11.7. The zero-order chi connectivity index (χ0) is 15.8. The van der Waals surface area contributed by atoms with Crippen LogP contribution in [0.1, 0.15) is 4.88 Å². The summed E-state index contributed by atoms with van der Waals surface area (Å²) in [6.45, 7) is 0.559. The van der Waals surface area contributed by atoms with E-state index in [2.05, 4.69) is 16.8 Å². The highest BCUT2D eigenvalue weighted by atomic mass is 35.5. The van der Waals surface area contributed by atoms with Crippen LogP contribution in [0, 0.1) is 0 Å². The highest BCUT2D eigenvalue weighted by molar-refractivity contribution is 7.98. The number of carbonyl (C=O) groups is 1. The summed E-state index contributed by atoms with van der Waals surface area (Å²) in [7, 11) is 0. The third-order valence-corrected chi connectivity index (χ3v) is 5.24. The number of thioether (sulfide) groups is 1. The van der Waals surface area contributed by atoms with Crippen molar-refractivity contribution in [1.82, 2.24) is 5.32 Å². The summed E-state index contributed by atoms with van der Waals surface area (Å²) >= 11 is 15.3. The van der Waals surface area contributed by atoms with Crippen molar-refractivity contribution in [3.8, 4) is 5.75 Å². The van der Waals surface area contributed by atoms with Gasteiger partial charge in [-0.05, 0) is 29.6 Å². The molecule has 0 aliphatic carbocycles. The zero-order valence-electron chi connectivity index (χ0n) is 11.7. The first-order valence-electron chi connectivity index (χ1n) is 6.60. The van der Waals surface area contributed by atoms with Gasteiger partial charge < -0.3 is 10.1 Å². The van der Waals surface area contributed by atoms with Crippen molar-refractivity contribution in [1.29, 1.82) is 0 Å². The second kappa shape index (κ2) is 9.30. The lowest BCUT2D eigenvalue weighted by atomic mass is 10.3. The Bertz CT molecular complexity index is 606. The number of amides is 1. The van der Waals surface area contributed by atoms with Gasteiger partial charge in [-0.3, -0.25) is 4.79 Å². The highest BCUT2D eigenvalue weighted by Crippen LogP contribution is 2.27. The molecular weight excluding hydrogens is 361 g/mol. The molecule has 7 heteroatoms. The first kappa shape index (κ1) is 17.5. The van der Waals surface area contributed by atoms with Gasteiger partial charge in [0.2, 0.25) is 0 Å². The lowest BCUT2D eigenvalue weighted by Crippen LogP contribution is -2.30. The van der Waals surface area contributed by atoms with Gasteiger partial charge in [0, 0.05) is 28.0 Å². The van der Waals surface area contributed by atoms with Crippen molar-refractivity contribution in [2.75, 3.05) is 18.9 Å². The monoisotopic (exact) mass is 375 g/mol. The van der Waals surface area contributed by atoms with Crippen LogP contribution < -0.4 is 10.1 Å². The quantitative estimate of drug-likeness (QED) is 0.691. The molecule has 0 atom stereocenters. The fraction of sp³-hybridized carbons (Fsp3) is 0.267. The molecule has 22 heavy (non-hydrogen) atoms. The van der Waals surface area contributed by atoms with Crippen LogP contribution in [-0.4, -0.2) is 24.8 Å². The number of halogens is 2. The number of rotatable bonds is 8. The summed E-state index contributed by atoms with van der Waals surface area (Å²) in [5.74, 6) is 2.13. The predicted octanol–water partition coefficient (Wildman–Crippen LogP) is 4.48. The number of ether oxygens (including phenoxy) is 1. The van der Waals surface area contributed by atoms with Gasteiger partial charge in [0.1, 0.15) is 5.75 Å². The van der Waals surface area contributed by atoms with E-state index in [1.807, 2.05) is 6.07 Å². The third kappa shape index (κ3) is 6.08. The van der Waals surface area contributed by atoms with E-state index < -0.39 is 0 Å². The van der Waals surface area contributed by atoms with Gasteiger partial charge in [0.15, 0.2) is 6.61 Å². The number of hydrogen-bond acceptors (Lipinski definition) is 4. The summed E-state index contributed by atoms with van der Waals surface area (Å²) in [4.78, 5) is 13.0. The van der Waals surface area contributed by atoms with Crippen LogP contribution >= 0.6 is 46.3 Å². The summed E-state index contributed by atoms with van der Waals surface area (Å²) in [6.07, 6.45) is 0. The molecule has 3 nitrogen and oxygen atoms in total. The first-order valence-corrected chi connectivity index (χ1v) is 9.39. The highest BCUT2D eigenvalue weighted by Gasteiger charge is 2.06. The topological polar surface area (TPSA) is 38.3 Å². The lowest BCUT2D eigenvalue weighted by Gasteiger charge is -2.08. The molecule has 0 saturated carbocycles. The molecule has 1 aromatic carbocycles. The van der Waals surface area contributed by atoms with Gasteiger partial charge in [0.25, 0.3) is 5.91 Å². The molecular formula is C15H15Cl2NO2S2. The minimum Gasteiger partial charge on any atom is -0.482 e. The van der Waals surface area contributed by atoms with Crippen LogP contribution in [0.25, 0.3) is 0 Å². The van der Waals surface area contributed by atoms with Gasteiger partial charge in [-0.1, -0.05) is 29.3 Å². The van der Waals surface area contributed by atoms with Crippen molar-refractivity contribution in [3.63, 3.8) is 0 Å². The van der Waals surface area contributed by atoms with E-state index in [4.69, 9.17) is 27.9 Å². The molecule has 0 aliphatic rings. The van der Waals surface area contributed by atoms with Crippen LogP contribution in [0.5, 0.6) is 5.75 Å². The Morgan fingerprint density at radius 1 is 1.32 bits per heavy atom. The van der Waals surface area contributed by atoms with E-state index in [1.165, 1.54) is 4.88 Å². The maximum Gasteiger partial charge on any atom is 0.257 e. The third-order valence-electron chi connectivity index (χ3n) is 2.65. The van der Waals surface area contributed by atoms with E-state index in [0.29, 0.717) is 22.3 Å². The van der Waals surface area contributed by atoms with E-state index in [1.54, 1.807) is 41.3 Å². The SMILES string of the molecule is O=C(COc1ccc(Cl)cc1Cl)NCCSCc1cccs1. The smallest absolute Gasteiger partial charge is 0.257 e. The Morgan fingerprint density at radius 2 is 2.18 bits per heavy atom. The average Bonchev–Trinajstić information content (AvgIpc) is 2.99. The van der Waals surface area contributed by atoms with Gasteiger partial charge in [0.05, 0.1) is 5.02 Å². The zero-order valence-corrected chi connectivity index (χ0v) is 14.8. The Balaban J connectivity index is 1.59. The van der Waals surface area contributed by atoms with Crippen LogP contribution in [-0.2, 0) is 10.5 Å². The van der Waals surface area contributed by atoms with Crippen molar-refractivity contribution in [3.05, 3.63) is 50.6 Å². The largest absolute Gasteiger partial charge is 0.482 e. The van der Waals surface area contributed by atoms with Crippen LogP contribution in [0.2, 0.25) is 10.0 Å². The number of benzene rings is 1. The summed E-state index contributed by atoms with van der Waals surface area (Å²) in [5.41, 5.74) is 0. The summed E-state index contributed by atoms with van der Waals surface area (Å²) in [5, 5.41) is 5.81. The normalized spacial score (nSPS) is 10.5. The molecule has 0 spiro atoms. The van der Waals surface area contributed by atoms with Crippen molar-refractivity contribution >= 4 is 52.2 Å². The molecule has 0 fully saturated rings. The number of nitrogens with one attached hydrogen (secondary N) is 1. The van der Waals surface area contributed by atoms with Gasteiger partial charge in [-0.15, -0.1) is 11.3 Å². The molecule has 0 bridgehead atoms. The molecule has 2 aromatic rings. The van der Waals surface area contributed by atoms with Gasteiger partial charge >= 0.3 is 0 Å². The predicted molar refractivity (Wildman–Crippen MR) is 95.4 cm³/mol. The molecule has 1 N–H and O–H groups in total. The minimum absolute atomic E-state index is 0.0586. The molecule has 1 amide bonds. The second-order valence-corrected chi connectivity index (χ2v) is 7.33. The lowest BCUT2D eigenvalue weighted by molar-refractivity contribution is -0.122. The number of carbonyl (C=O) groups excluding carboxylic acids is 1. The molecule has 0 aliphatic heterocycles. The standard InChI is InChI=1S/C15H15Cl2NO2S2/c16-11-3-4-14(13(17)8-11)20-9-15(19)18-5-7-21-10-12-2-1-6-22-12/h1-4,6,8H,5,7,9-10H2,(H,18,19). The summed E-state index contributed by atoms with van der Waals surface area (Å²) < 4.78 is 5.36. The fourth-order valence-electron chi connectivity index (χ4n) is 1.62. The molecule has 118 valence electrons. The minimum atomic E-state index is -0.164. The van der Waals surface area contributed by atoms with Crippen LogP contribution in [0.4, 0.5) is 0 Å². The second-order valence-electron chi connectivity index (χ2n) is 4.35. The fourth-order valence-corrected chi connectivity index (χ4v) is 3.78. The Kier molecular flexibility index (Phi) is 7.39. The molecule has 0 radical (unpaired) electrons.